The van der Waals surface area contributed by atoms with Crippen molar-refractivity contribution >= 4 is 5.78 Å². The zero-order valence-electron chi connectivity index (χ0n) is 8.58. The molecular formula is C10H15N3O. The van der Waals surface area contributed by atoms with Gasteiger partial charge in [-0.3, -0.25) is 4.79 Å². The molecule has 1 atom stereocenters. The Morgan fingerprint density at radius 1 is 1.71 bits per heavy atom. The van der Waals surface area contributed by atoms with Gasteiger partial charge in [0, 0.05) is 19.4 Å². The third-order valence-electron chi connectivity index (χ3n) is 2.89. The van der Waals surface area contributed by atoms with Crippen molar-refractivity contribution < 1.29 is 4.79 Å². The Balaban J connectivity index is 2.28. The van der Waals surface area contributed by atoms with E-state index in [2.05, 4.69) is 10.3 Å². The van der Waals surface area contributed by atoms with E-state index >= 15 is 0 Å². The molecule has 4 heteroatoms. The second-order valence-electron chi connectivity index (χ2n) is 4.05. The van der Waals surface area contributed by atoms with Gasteiger partial charge in [-0.1, -0.05) is 0 Å². The Hall–Kier alpha value is -1.16. The van der Waals surface area contributed by atoms with Gasteiger partial charge in [0.25, 0.3) is 0 Å². The zero-order valence-corrected chi connectivity index (χ0v) is 8.58. The van der Waals surface area contributed by atoms with Crippen molar-refractivity contribution in [2.45, 2.75) is 25.3 Å². The van der Waals surface area contributed by atoms with Gasteiger partial charge in [-0.2, -0.15) is 0 Å². The lowest BCUT2D eigenvalue weighted by atomic mass is 9.94. The molecule has 4 nitrogen and oxygen atoms in total. The van der Waals surface area contributed by atoms with E-state index in [1.807, 2.05) is 14.0 Å². The molecule has 0 aliphatic carbocycles. The minimum absolute atomic E-state index is 0.0995. The number of ketones is 1. The molecule has 0 saturated carbocycles. The van der Waals surface area contributed by atoms with Crippen LogP contribution in [0.4, 0.5) is 0 Å². The Morgan fingerprint density at radius 2 is 2.50 bits per heavy atom. The molecule has 0 aromatic carbocycles. The van der Waals surface area contributed by atoms with Gasteiger partial charge >= 0.3 is 0 Å². The van der Waals surface area contributed by atoms with E-state index in [9.17, 15) is 4.79 Å². The van der Waals surface area contributed by atoms with E-state index in [0.29, 0.717) is 5.82 Å². The Labute approximate surface area is 83.3 Å². The van der Waals surface area contributed by atoms with Gasteiger partial charge in [0.2, 0.25) is 5.78 Å². The van der Waals surface area contributed by atoms with Crippen molar-refractivity contribution in [1.29, 1.82) is 0 Å². The van der Waals surface area contributed by atoms with Crippen LogP contribution in [-0.2, 0) is 7.05 Å². The monoisotopic (exact) mass is 193 g/mol. The van der Waals surface area contributed by atoms with Gasteiger partial charge < -0.3 is 9.88 Å². The maximum atomic E-state index is 12.1. The van der Waals surface area contributed by atoms with Crippen LogP contribution in [0.5, 0.6) is 0 Å². The van der Waals surface area contributed by atoms with E-state index in [-0.39, 0.29) is 5.78 Å². The number of aryl methyl sites for hydroxylation is 1. The largest absolute Gasteiger partial charge is 0.332 e. The number of rotatable bonds is 2. The molecule has 0 spiro atoms. The van der Waals surface area contributed by atoms with Gasteiger partial charge in [-0.25, -0.2) is 4.98 Å². The maximum Gasteiger partial charge on any atom is 0.217 e. The molecule has 0 radical (unpaired) electrons. The van der Waals surface area contributed by atoms with E-state index in [1.54, 1.807) is 17.0 Å². The maximum absolute atomic E-state index is 12.1. The first-order chi connectivity index (χ1) is 6.63. The summed E-state index contributed by atoms with van der Waals surface area (Å²) in [5, 5.41) is 3.25. The third kappa shape index (κ3) is 1.35. The van der Waals surface area contributed by atoms with Crippen LogP contribution >= 0.6 is 0 Å². The summed E-state index contributed by atoms with van der Waals surface area (Å²) in [6.07, 6.45) is 5.42. The summed E-state index contributed by atoms with van der Waals surface area (Å²) >= 11 is 0. The zero-order chi connectivity index (χ0) is 10.2. The van der Waals surface area contributed by atoms with Crippen molar-refractivity contribution in [3.63, 3.8) is 0 Å². The van der Waals surface area contributed by atoms with Crippen LogP contribution < -0.4 is 5.32 Å². The summed E-state index contributed by atoms with van der Waals surface area (Å²) in [6.45, 7) is 2.88. The quantitative estimate of drug-likeness (QED) is 0.705. The average molecular weight is 193 g/mol. The number of hydrogen-bond acceptors (Lipinski definition) is 3. The molecule has 1 aromatic rings. The summed E-state index contributed by atoms with van der Waals surface area (Å²) in [6, 6.07) is 0. The number of Topliss-reactive ketones (excluding diaryl/α,β-unsaturated/α-hetero) is 1. The fraction of sp³-hybridized carbons (Fsp3) is 0.600. The van der Waals surface area contributed by atoms with Crippen LogP contribution in [0.15, 0.2) is 12.4 Å². The molecule has 1 aliphatic heterocycles. The highest BCUT2D eigenvalue weighted by Gasteiger charge is 2.38. The third-order valence-corrected chi connectivity index (χ3v) is 2.89. The fourth-order valence-corrected chi connectivity index (χ4v) is 1.92. The Kier molecular flexibility index (Phi) is 2.15. The number of nitrogens with one attached hydrogen (secondary N) is 1. The number of nitrogens with zero attached hydrogens (tertiary/aromatic N) is 2. The lowest BCUT2D eigenvalue weighted by Gasteiger charge is -2.21. The highest BCUT2D eigenvalue weighted by molar-refractivity contribution is 6.00. The molecule has 2 heterocycles. The number of imidazole rings is 1. The summed E-state index contributed by atoms with van der Waals surface area (Å²) in [5.41, 5.74) is -0.404. The van der Waals surface area contributed by atoms with Crippen LogP contribution in [0.2, 0.25) is 0 Å². The normalized spacial score (nSPS) is 26.7. The van der Waals surface area contributed by atoms with E-state index in [4.69, 9.17) is 0 Å². The van der Waals surface area contributed by atoms with Crippen molar-refractivity contribution in [2.24, 2.45) is 7.05 Å². The predicted octanol–water partition coefficient (Wildman–Crippen LogP) is 0.745. The van der Waals surface area contributed by atoms with Crippen molar-refractivity contribution in [3.05, 3.63) is 18.2 Å². The summed E-state index contributed by atoms with van der Waals surface area (Å²) in [7, 11) is 1.85. The molecule has 1 saturated heterocycles. The fourth-order valence-electron chi connectivity index (χ4n) is 1.92. The first-order valence-electron chi connectivity index (χ1n) is 4.91. The average Bonchev–Trinajstić information content (AvgIpc) is 2.74. The van der Waals surface area contributed by atoms with Crippen LogP contribution in [0, 0.1) is 0 Å². The molecule has 1 unspecified atom stereocenters. The molecule has 1 aliphatic rings. The van der Waals surface area contributed by atoms with Crippen LogP contribution in [0.3, 0.4) is 0 Å². The van der Waals surface area contributed by atoms with Crippen LogP contribution in [0.25, 0.3) is 0 Å². The summed E-state index contributed by atoms with van der Waals surface area (Å²) in [5.74, 6) is 0.643. The molecule has 1 N–H and O–H groups in total. The second kappa shape index (κ2) is 3.20. The molecular weight excluding hydrogens is 178 g/mol. The van der Waals surface area contributed by atoms with Crippen molar-refractivity contribution in [3.8, 4) is 0 Å². The van der Waals surface area contributed by atoms with Gasteiger partial charge in [-0.05, 0) is 26.3 Å². The topological polar surface area (TPSA) is 46.9 Å². The summed E-state index contributed by atoms with van der Waals surface area (Å²) < 4.78 is 1.77. The number of carbonyl (C=O) groups excluding carboxylic acids is 1. The van der Waals surface area contributed by atoms with E-state index < -0.39 is 5.54 Å². The number of hydrogen-bond donors (Lipinski definition) is 1. The molecule has 0 amide bonds. The minimum atomic E-state index is -0.404. The number of aromatic nitrogens is 2. The molecule has 76 valence electrons. The first kappa shape index (κ1) is 9.40. The summed E-state index contributed by atoms with van der Waals surface area (Å²) in [4.78, 5) is 16.2. The second-order valence-corrected chi connectivity index (χ2v) is 4.05. The Bertz CT molecular complexity index is 350. The molecule has 2 rings (SSSR count). The Morgan fingerprint density at radius 3 is 3.00 bits per heavy atom. The van der Waals surface area contributed by atoms with Gasteiger partial charge in [0.1, 0.15) is 0 Å². The molecule has 1 fully saturated rings. The number of carbonyl (C=O) groups is 1. The lowest BCUT2D eigenvalue weighted by molar-refractivity contribution is 0.0870. The molecule has 1 aromatic heterocycles. The highest BCUT2D eigenvalue weighted by atomic mass is 16.1. The van der Waals surface area contributed by atoms with Crippen molar-refractivity contribution in [1.82, 2.24) is 14.9 Å². The van der Waals surface area contributed by atoms with Gasteiger partial charge in [0.05, 0.1) is 5.54 Å². The van der Waals surface area contributed by atoms with E-state index in [0.717, 1.165) is 19.4 Å². The van der Waals surface area contributed by atoms with Crippen molar-refractivity contribution in [2.75, 3.05) is 6.54 Å². The highest BCUT2D eigenvalue weighted by Crippen LogP contribution is 2.22. The van der Waals surface area contributed by atoms with E-state index in [1.165, 1.54) is 0 Å². The first-order valence-corrected chi connectivity index (χ1v) is 4.91. The SMILES string of the molecule is Cn1ccnc1C(=O)C1(C)CCCN1. The standard InChI is InChI=1S/C10H15N3O/c1-10(4-3-5-12-10)8(14)9-11-6-7-13(9)2/h6-7,12H,3-5H2,1-2H3. The lowest BCUT2D eigenvalue weighted by Crippen LogP contribution is -2.45. The molecule has 0 bridgehead atoms. The minimum Gasteiger partial charge on any atom is -0.332 e. The predicted molar refractivity (Wildman–Crippen MR) is 53.2 cm³/mol. The van der Waals surface area contributed by atoms with Crippen LogP contribution in [-0.4, -0.2) is 27.4 Å². The van der Waals surface area contributed by atoms with Gasteiger partial charge in [0.15, 0.2) is 5.82 Å². The van der Waals surface area contributed by atoms with Gasteiger partial charge in [-0.15, -0.1) is 0 Å². The molecule has 14 heavy (non-hydrogen) atoms. The van der Waals surface area contributed by atoms with Crippen LogP contribution in [0.1, 0.15) is 30.4 Å². The smallest absolute Gasteiger partial charge is 0.217 e.